The van der Waals surface area contributed by atoms with E-state index in [2.05, 4.69) is 11.9 Å². The predicted molar refractivity (Wildman–Crippen MR) is 107 cm³/mol. The number of carboxylic acid groups (broad SMARTS) is 1. The maximum atomic E-state index is 12.9. The minimum atomic E-state index is -1.14. The highest BCUT2D eigenvalue weighted by Crippen LogP contribution is 2.35. The van der Waals surface area contributed by atoms with Gasteiger partial charge in [0, 0.05) is 16.5 Å². The molecule has 0 saturated carbocycles. The fourth-order valence-electron chi connectivity index (χ4n) is 3.53. The van der Waals surface area contributed by atoms with Crippen LogP contribution in [0.15, 0.2) is 48.5 Å². The summed E-state index contributed by atoms with van der Waals surface area (Å²) in [6, 6.07) is 13.1. The molecule has 1 atom stereocenters. The molecule has 29 heavy (non-hydrogen) atoms. The Bertz CT molecular complexity index is 1150. The van der Waals surface area contributed by atoms with Gasteiger partial charge in [-0.1, -0.05) is 31.5 Å². The number of carbonyl (C=O) groups is 3. The molecule has 0 amide bonds. The van der Waals surface area contributed by atoms with E-state index in [4.69, 9.17) is 9.84 Å². The van der Waals surface area contributed by atoms with E-state index in [0.717, 1.165) is 18.2 Å². The molecular formula is C23H19NO5. The average Bonchev–Trinajstić information content (AvgIpc) is 2.98. The molecule has 1 aliphatic rings. The van der Waals surface area contributed by atoms with Crippen LogP contribution in [0.4, 0.5) is 0 Å². The van der Waals surface area contributed by atoms with Gasteiger partial charge in [-0.25, -0.2) is 9.78 Å². The van der Waals surface area contributed by atoms with Crippen molar-refractivity contribution in [2.24, 2.45) is 0 Å². The molecule has 6 nitrogen and oxygen atoms in total. The number of ketones is 2. The SMILES string of the molecule is CCCCOc1cccc2ccc(C3C(=O)c4ccc(C(=O)O)cc4C3=O)nc12. The van der Waals surface area contributed by atoms with Crippen molar-refractivity contribution in [1.29, 1.82) is 0 Å². The topological polar surface area (TPSA) is 93.6 Å². The third kappa shape index (κ3) is 3.27. The maximum absolute atomic E-state index is 12.9. The molecule has 6 heteroatoms. The van der Waals surface area contributed by atoms with Crippen molar-refractivity contribution in [3.05, 3.63) is 70.9 Å². The van der Waals surface area contributed by atoms with Gasteiger partial charge in [0.05, 0.1) is 17.9 Å². The Morgan fingerprint density at radius 1 is 1.07 bits per heavy atom. The maximum Gasteiger partial charge on any atom is 0.335 e. The number of aromatic nitrogens is 1. The Labute approximate surface area is 167 Å². The van der Waals surface area contributed by atoms with Crippen molar-refractivity contribution in [3.8, 4) is 5.75 Å². The van der Waals surface area contributed by atoms with E-state index in [1.54, 1.807) is 6.07 Å². The molecule has 1 unspecified atom stereocenters. The number of carbonyl (C=O) groups excluding carboxylic acids is 2. The molecule has 2 aromatic carbocycles. The number of benzene rings is 2. The van der Waals surface area contributed by atoms with Gasteiger partial charge in [0.25, 0.3) is 0 Å². The van der Waals surface area contributed by atoms with E-state index < -0.39 is 17.7 Å². The van der Waals surface area contributed by atoms with Gasteiger partial charge in [0.1, 0.15) is 17.2 Å². The third-order valence-electron chi connectivity index (χ3n) is 5.08. The number of fused-ring (bicyclic) bond motifs is 2. The molecular weight excluding hydrogens is 370 g/mol. The van der Waals surface area contributed by atoms with Crippen molar-refractivity contribution >= 4 is 28.4 Å². The van der Waals surface area contributed by atoms with Crippen molar-refractivity contribution in [1.82, 2.24) is 4.98 Å². The van der Waals surface area contributed by atoms with Crippen LogP contribution in [0.3, 0.4) is 0 Å². The zero-order chi connectivity index (χ0) is 20.5. The van der Waals surface area contributed by atoms with Crippen LogP contribution in [-0.2, 0) is 0 Å². The van der Waals surface area contributed by atoms with Crippen LogP contribution in [0, 0.1) is 0 Å². The standard InChI is InChI=1S/C23H19NO5/c1-2-3-11-29-18-6-4-5-13-8-10-17(24-20(13)18)19-21(25)15-9-7-14(23(27)28)12-16(15)22(19)26/h4-10,12,19H,2-3,11H2,1H3,(H,27,28). The zero-order valence-electron chi connectivity index (χ0n) is 15.8. The van der Waals surface area contributed by atoms with E-state index in [1.807, 2.05) is 24.3 Å². The second-order valence-corrected chi connectivity index (χ2v) is 6.99. The van der Waals surface area contributed by atoms with Gasteiger partial charge in [-0.3, -0.25) is 9.59 Å². The largest absolute Gasteiger partial charge is 0.491 e. The fourth-order valence-corrected chi connectivity index (χ4v) is 3.53. The van der Waals surface area contributed by atoms with E-state index in [9.17, 15) is 14.4 Å². The summed E-state index contributed by atoms with van der Waals surface area (Å²) in [5.74, 6) is -2.39. The summed E-state index contributed by atoms with van der Waals surface area (Å²) in [5.41, 5.74) is 1.29. The Morgan fingerprint density at radius 2 is 1.86 bits per heavy atom. The zero-order valence-corrected chi connectivity index (χ0v) is 15.8. The first-order valence-electron chi connectivity index (χ1n) is 9.49. The monoisotopic (exact) mass is 389 g/mol. The van der Waals surface area contributed by atoms with E-state index in [-0.39, 0.29) is 22.5 Å². The van der Waals surface area contributed by atoms with Crippen molar-refractivity contribution in [3.63, 3.8) is 0 Å². The van der Waals surface area contributed by atoms with E-state index in [0.29, 0.717) is 23.6 Å². The van der Waals surface area contributed by atoms with Gasteiger partial charge in [0.15, 0.2) is 11.6 Å². The number of rotatable bonds is 6. The smallest absolute Gasteiger partial charge is 0.335 e. The summed E-state index contributed by atoms with van der Waals surface area (Å²) in [5, 5.41) is 10.0. The molecule has 0 saturated heterocycles. The Balaban J connectivity index is 1.74. The fraction of sp³-hybridized carbons (Fsp3) is 0.217. The number of hydrogen-bond donors (Lipinski definition) is 1. The first-order valence-corrected chi connectivity index (χ1v) is 9.49. The molecule has 0 aliphatic heterocycles. The second kappa shape index (κ2) is 7.47. The summed E-state index contributed by atoms with van der Waals surface area (Å²) in [7, 11) is 0. The highest BCUT2D eigenvalue weighted by atomic mass is 16.5. The van der Waals surface area contributed by atoms with Gasteiger partial charge in [-0.05, 0) is 36.8 Å². The van der Waals surface area contributed by atoms with Crippen molar-refractivity contribution in [2.45, 2.75) is 25.7 Å². The minimum absolute atomic E-state index is 0.0244. The Hall–Kier alpha value is -3.54. The van der Waals surface area contributed by atoms with Crippen LogP contribution in [-0.4, -0.2) is 34.2 Å². The first-order chi connectivity index (χ1) is 14.0. The molecule has 0 spiro atoms. The number of pyridine rings is 1. The molecule has 146 valence electrons. The number of hydrogen-bond acceptors (Lipinski definition) is 5. The molecule has 0 bridgehead atoms. The normalized spacial score (nSPS) is 15.6. The van der Waals surface area contributed by atoms with Crippen LogP contribution in [0.5, 0.6) is 5.75 Å². The molecule has 1 aliphatic carbocycles. The number of para-hydroxylation sites is 1. The van der Waals surface area contributed by atoms with Crippen molar-refractivity contribution < 1.29 is 24.2 Å². The van der Waals surface area contributed by atoms with Gasteiger partial charge >= 0.3 is 5.97 Å². The number of ether oxygens (including phenoxy) is 1. The highest BCUT2D eigenvalue weighted by Gasteiger charge is 2.41. The molecule has 0 fully saturated rings. The van der Waals surface area contributed by atoms with Crippen LogP contribution in [0.25, 0.3) is 10.9 Å². The van der Waals surface area contributed by atoms with E-state index >= 15 is 0 Å². The first kappa shape index (κ1) is 18.8. The number of aromatic carboxylic acids is 1. The summed E-state index contributed by atoms with van der Waals surface area (Å²) in [4.78, 5) is 41.6. The van der Waals surface area contributed by atoms with Crippen LogP contribution < -0.4 is 4.74 Å². The lowest BCUT2D eigenvalue weighted by atomic mass is 9.98. The van der Waals surface area contributed by atoms with Crippen LogP contribution in [0.1, 0.15) is 62.5 Å². The van der Waals surface area contributed by atoms with Gasteiger partial charge in [-0.15, -0.1) is 0 Å². The summed E-state index contributed by atoms with van der Waals surface area (Å²) < 4.78 is 5.84. The molecule has 0 radical (unpaired) electrons. The van der Waals surface area contributed by atoms with Crippen LogP contribution >= 0.6 is 0 Å². The summed E-state index contributed by atoms with van der Waals surface area (Å²) in [6.45, 7) is 2.64. The average molecular weight is 389 g/mol. The highest BCUT2D eigenvalue weighted by molar-refractivity contribution is 6.30. The van der Waals surface area contributed by atoms with E-state index in [1.165, 1.54) is 18.2 Å². The van der Waals surface area contributed by atoms with Crippen molar-refractivity contribution in [2.75, 3.05) is 6.61 Å². The lowest BCUT2D eigenvalue weighted by Crippen LogP contribution is -2.14. The molecule has 1 heterocycles. The van der Waals surface area contributed by atoms with Gasteiger partial charge in [0.2, 0.25) is 0 Å². The molecule has 1 N–H and O–H groups in total. The molecule has 3 aromatic rings. The van der Waals surface area contributed by atoms with Gasteiger partial charge < -0.3 is 9.84 Å². The third-order valence-corrected chi connectivity index (χ3v) is 5.08. The number of nitrogens with zero attached hydrogens (tertiary/aromatic N) is 1. The number of Topliss-reactive ketones (excluding diaryl/α,β-unsaturated/α-hetero) is 2. The molecule has 4 rings (SSSR count). The quantitative estimate of drug-likeness (QED) is 0.500. The predicted octanol–water partition coefficient (Wildman–Crippen LogP) is 4.27. The minimum Gasteiger partial charge on any atom is -0.491 e. The number of unbranched alkanes of at least 4 members (excludes halogenated alkanes) is 1. The van der Waals surface area contributed by atoms with Crippen LogP contribution in [0.2, 0.25) is 0 Å². The Kier molecular flexibility index (Phi) is 4.84. The Morgan fingerprint density at radius 3 is 2.62 bits per heavy atom. The lowest BCUT2D eigenvalue weighted by molar-refractivity contribution is 0.0696. The summed E-state index contributed by atoms with van der Waals surface area (Å²) in [6.07, 6.45) is 1.92. The van der Waals surface area contributed by atoms with Gasteiger partial charge in [-0.2, -0.15) is 0 Å². The number of carboxylic acids is 1. The summed E-state index contributed by atoms with van der Waals surface area (Å²) >= 11 is 0. The second-order valence-electron chi connectivity index (χ2n) is 6.99. The lowest BCUT2D eigenvalue weighted by Gasteiger charge is -2.11. The molecule has 1 aromatic heterocycles.